The van der Waals surface area contributed by atoms with Crippen molar-refractivity contribution in [2.24, 2.45) is 5.73 Å². The van der Waals surface area contributed by atoms with E-state index in [1.54, 1.807) is 12.1 Å². The summed E-state index contributed by atoms with van der Waals surface area (Å²) < 4.78 is 25.0. The Labute approximate surface area is 109 Å². The van der Waals surface area contributed by atoms with Gasteiger partial charge in [0.05, 0.1) is 9.64 Å². The molecular weight excluding hydrogens is 246 g/mol. The number of nitrogens with two attached hydrogens (primary N) is 1. The second-order valence-electron chi connectivity index (χ2n) is 5.22. The third-order valence-corrected chi connectivity index (χ3v) is 6.84. The Balaban J connectivity index is 2.50. The van der Waals surface area contributed by atoms with Crippen LogP contribution in [-0.4, -0.2) is 19.7 Å². The highest BCUT2D eigenvalue weighted by atomic mass is 32.2. The molecule has 100 valence electrons. The first-order valence-electron chi connectivity index (χ1n) is 6.54. The van der Waals surface area contributed by atoms with Crippen LogP contribution in [0.15, 0.2) is 29.2 Å². The summed E-state index contributed by atoms with van der Waals surface area (Å²) in [6.45, 7) is 2.07. The van der Waals surface area contributed by atoms with Crippen molar-refractivity contribution in [1.29, 1.82) is 0 Å². The van der Waals surface area contributed by atoms with Crippen LogP contribution in [-0.2, 0) is 9.84 Å². The van der Waals surface area contributed by atoms with E-state index < -0.39 is 14.6 Å². The number of sulfone groups is 1. The molecule has 1 aromatic carbocycles. The van der Waals surface area contributed by atoms with Gasteiger partial charge in [0.25, 0.3) is 0 Å². The Bertz CT molecular complexity index is 516. The molecule has 0 aromatic heterocycles. The third-order valence-electron chi connectivity index (χ3n) is 4.09. The number of aryl methyl sites for hydroxylation is 1. The molecule has 1 fully saturated rings. The van der Waals surface area contributed by atoms with E-state index in [-0.39, 0.29) is 6.54 Å². The van der Waals surface area contributed by atoms with E-state index in [9.17, 15) is 8.42 Å². The van der Waals surface area contributed by atoms with E-state index in [0.717, 1.165) is 24.8 Å². The highest BCUT2D eigenvalue weighted by molar-refractivity contribution is 7.93. The average Bonchev–Trinajstić information content (AvgIpc) is 2.39. The van der Waals surface area contributed by atoms with Crippen LogP contribution < -0.4 is 5.73 Å². The highest BCUT2D eigenvalue weighted by Crippen LogP contribution is 2.38. The highest BCUT2D eigenvalue weighted by Gasteiger charge is 2.44. The molecule has 1 aromatic rings. The standard InChI is InChI=1S/C14H21NO2S/c1-12-7-3-4-8-13(12)18(16,17)14(11-15)9-5-2-6-10-14/h3-4,7-8H,2,5-6,9-11,15H2,1H3. The first-order valence-corrected chi connectivity index (χ1v) is 8.02. The van der Waals surface area contributed by atoms with Crippen molar-refractivity contribution < 1.29 is 8.42 Å². The zero-order valence-electron chi connectivity index (χ0n) is 10.9. The van der Waals surface area contributed by atoms with Gasteiger partial charge in [0.15, 0.2) is 9.84 Å². The number of benzene rings is 1. The predicted octanol–water partition coefficient (Wildman–Crippen LogP) is 2.43. The molecule has 1 aliphatic rings. The minimum atomic E-state index is -3.33. The quantitative estimate of drug-likeness (QED) is 0.915. The molecule has 2 N–H and O–H groups in total. The first-order chi connectivity index (χ1) is 8.53. The van der Waals surface area contributed by atoms with Crippen LogP contribution in [0.3, 0.4) is 0 Å². The first kappa shape index (κ1) is 13.6. The molecule has 0 heterocycles. The lowest BCUT2D eigenvalue weighted by Gasteiger charge is -2.35. The molecule has 1 aliphatic carbocycles. The van der Waals surface area contributed by atoms with Gasteiger partial charge in [-0.25, -0.2) is 8.42 Å². The van der Waals surface area contributed by atoms with E-state index in [1.807, 2.05) is 19.1 Å². The van der Waals surface area contributed by atoms with Gasteiger partial charge < -0.3 is 5.73 Å². The molecule has 0 unspecified atom stereocenters. The van der Waals surface area contributed by atoms with Gasteiger partial charge >= 0.3 is 0 Å². The molecular formula is C14H21NO2S. The maximum Gasteiger partial charge on any atom is 0.185 e. The van der Waals surface area contributed by atoms with E-state index in [1.165, 1.54) is 0 Å². The lowest BCUT2D eigenvalue weighted by molar-refractivity contribution is 0.378. The zero-order valence-corrected chi connectivity index (χ0v) is 11.7. The number of hydrogen-bond donors (Lipinski definition) is 1. The van der Waals surface area contributed by atoms with Crippen molar-refractivity contribution in [3.05, 3.63) is 29.8 Å². The molecule has 0 bridgehead atoms. The van der Waals surface area contributed by atoms with E-state index in [0.29, 0.717) is 17.7 Å². The van der Waals surface area contributed by atoms with Crippen molar-refractivity contribution in [3.63, 3.8) is 0 Å². The summed E-state index contributed by atoms with van der Waals surface area (Å²) >= 11 is 0. The Kier molecular flexibility index (Phi) is 3.78. The van der Waals surface area contributed by atoms with Gasteiger partial charge in [-0.05, 0) is 31.4 Å². The van der Waals surface area contributed by atoms with E-state index in [2.05, 4.69) is 0 Å². The molecule has 0 aliphatic heterocycles. The van der Waals surface area contributed by atoms with Crippen LogP contribution in [0, 0.1) is 6.92 Å². The fraction of sp³-hybridized carbons (Fsp3) is 0.571. The smallest absolute Gasteiger partial charge is 0.185 e. The monoisotopic (exact) mass is 267 g/mol. The van der Waals surface area contributed by atoms with Gasteiger partial charge in [0.1, 0.15) is 0 Å². The molecule has 2 rings (SSSR count). The van der Waals surface area contributed by atoms with Crippen molar-refractivity contribution in [2.45, 2.75) is 48.7 Å². The summed E-state index contributed by atoms with van der Waals surface area (Å²) in [5.74, 6) is 0. The minimum Gasteiger partial charge on any atom is -0.329 e. The van der Waals surface area contributed by atoms with Crippen LogP contribution in [0.1, 0.15) is 37.7 Å². The van der Waals surface area contributed by atoms with Crippen molar-refractivity contribution >= 4 is 9.84 Å². The summed E-state index contributed by atoms with van der Waals surface area (Å²) in [5.41, 5.74) is 6.65. The van der Waals surface area contributed by atoms with Crippen LogP contribution in [0.5, 0.6) is 0 Å². The fourth-order valence-corrected chi connectivity index (χ4v) is 5.13. The summed E-state index contributed by atoms with van der Waals surface area (Å²) in [6, 6.07) is 7.20. The Hall–Kier alpha value is -0.870. The lowest BCUT2D eigenvalue weighted by Crippen LogP contribution is -2.47. The molecule has 0 amide bonds. The Morgan fingerprint density at radius 3 is 2.33 bits per heavy atom. The lowest BCUT2D eigenvalue weighted by atomic mass is 9.88. The van der Waals surface area contributed by atoms with Gasteiger partial charge in [-0.15, -0.1) is 0 Å². The van der Waals surface area contributed by atoms with Crippen LogP contribution in [0.4, 0.5) is 0 Å². The second kappa shape index (κ2) is 5.02. The summed E-state index contributed by atoms with van der Waals surface area (Å²) in [7, 11) is -3.33. The minimum absolute atomic E-state index is 0.226. The molecule has 0 atom stereocenters. The molecule has 3 nitrogen and oxygen atoms in total. The Morgan fingerprint density at radius 2 is 1.78 bits per heavy atom. The van der Waals surface area contributed by atoms with Crippen molar-refractivity contribution in [3.8, 4) is 0 Å². The van der Waals surface area contributed by atoms with Gasteiger partial charge in [0, 0.05) is 6.54 Å². The largest absolute Gasteiger partial charge is 0.329 e. The van der Waals surface area contributed by atoms with E-state index in [4.69, 9.17) is 5.73 Å². The molecule has 4 heteroatoms. The molecule has 18 heavy (non-hydrogen) atoms. The number of hydrogen-bond acceptors (Lipinski definition) is 3. The summed E-state index contributed by atoms with van der Waals surface area (Å²) in [4.78, 5) is 0.456. The normalized spacial score (nSPS) is 19.7. The van der Waals surface area contributed by atoms with Crippen molar-refractivity contribution in [1.82, 2.24) is 0 Å². The maximum atomic E-state index is 12.9. The molecule has 1 saturated carbocycles. The molecule has 0 spiro atoms. The van der Waals surface area contributed by atoms with Gasteiger partial charge in [0.2, 0.25) is 0 Å². The zero-order chi connectivity index (χ0) is 13.2. The third kappa shape index (κ3) is 2.08. The van der Waals surface area contributed by atoms with E-state index >= 15 is 0 Å². The molecule has 0 saturated heterocycles. The summed E-state index contributed by atoms with van der Waals surface area (Å²) in [6.07, 6.45) is 4.43. The molecule has 0 radical (unpaired) electrons. The Morgan fingerprint density at radius 1 is 1.17 bits per heavy atom. The second-order valence-corrected chi connectivity index (χ2v) is 7.53. The van der Waals surface area contributed by atoms with Crippen molar-refractivity contribution in [2.75, 3.05) is 6.54 Å². The SMILES string of the molecule is Cc1ccccc1S(=O)(=O)C1(CN)CCCCC1. The fourth-order valence-electron chi connectivity index (χ4n) is 2.87. The topological polar surface area (TPSA) is 60.2 Å². The number of rotatable bonds is 3. The van der Waals surface area contributed by atoms with Crippen LogP contribution >= 0.6 is 0 Å². The average molecular weight is 267 g/mol. The van der Waals surface area contributed by atoms with Crippen LogP contribution in [0.2, 0.25) is 0 Å². The van der Waals surface area contributed by atoms with Gasteiger partial charge in [-0.2, -0.15) is 0 Å². The maximum absolute atomic E-state index is 12.9. The van der Waals surface area contributed by atoms with Crippen LogP contribution in [0.25, 0.3) is 0 Å². The van der Waals surface area contributed by atoms with Gasteiger partial charge in [-0.3, -0.25) is 0 Å². The van der Waals surface area contributed by atoms with Gasteiger partial charge in [-0.1, -0.05) is 37.5 Å². The summed E-state index contributed by atoms with van der Waals surface area (Å²) in [5, 5.41) is 0. The predicted molar refractivity (Wildman–Crippen MR) is 73.2 cm³/mol.